The summed E-state index contributed by atoms with van der Waals surface area (Å²) in [5.74, 6) is 0.700. The summed E-state index contributed by atoms with van der Waals surface area (Å²) < 4.78 is 2.69. The predicted octanol–water partition coefficient (Wildman–Crippen LogP) is 3.35. The molecule has 0 unspecified atom stereocenters. The van der Waals surface area contributed by atoms with Gasteiger partial charge in [-0.15, -0.1) is 0 Å². The highest BCUT2D eigenvalue weighted by atomic mass is 79.9. The SMILES string of the molecule is Oc1ccc(Br)cc1C=Nn1c(-c2ccncc2)n[nH]c1=S. The van der Waals surface area contributed by atoms with E-state index < -0.39 is 0 Å². The fourth-order valence-corrected chi connectivity index (χ4v) is 2.39. The minimum atomic E-state index is 0.132. The van der Waals surface area contributed by atoms with Crippen LogP contribution in [0, 0.1) is 4.77 Å². The van der Waals surface area contributed by atoms with Gasteiger partial charge in [0.25, 0.3) is 0 Å². The monoisotopic (exact) mass is 375 g/mol. The van der Waals surface area contributed by atoms with Gasteiger partial charge in [0.2, 0.25) is 4.77 Å². The van der Waals surface area contributed by atoms with Crippen molar-refractivity contribution in [2.24, 2.45) is 5.10 Å². The Morgan fingerprint density at radius 1 is 1.27 bits per heavy atom. The Balaban J connectivity index is 2.03. The zero-order chi connectivity index (χ0) is 15.5. The second-order valence-corrected chi connectivity index (χ2v) is 5.65. The lowest BCUT2D eigenvalue weighted by molar-refractivity contribution is 0.474. The second-order valence-electron chi connectivity index (χ2n) is 4.35. The summed E-state index contributed by atoms with van der Waals surface area (Å²) in [7, 11) is 0. The third-order valence-electron chi connectivity index (χ3n) is 2.89. The summed E-state index contributed by atoms with van der Waals surface area (Å²) in [6, 6.07) is 8.72. The van der Waals surface area contributed by atoms with Gasteiger partial charge >= 0.3 is 0 Å². The van der Waals surface area contributed by atoms with E-state index in [2.05, 4.69) is 36.2 Å². The number of nitrogens with zero attached hydrogens (tertiary/aromatic N) is 4. The highest BCUT2D eigenvalue weighted by Gasteiger charge is 2.07. The predicted molar refractivity (Wildman–Crippen MR) is 89.4 cm³/mol. The number of hydrogen-bond acceptors (Lipinski definition) is 5. The number of aromatic amines is 1. The largest absolute Gasteiger partial charge is 0.507 e. The van der Waals surface area contributed by atoms with E-state index in [0.717, 1.165) is 10.0 Å². The van der Waals surface area contributed by atoms with Crippen molar-refractivity contribution in [1.29, 1.82) is 0 Å². The van der Waals surface area contributed by atoms with Crippen molar-refractivity contribution in [3.8, 4) is 17.1 Å². The van der Waals surface area contributed by atoms with Crippen LogP contribution in [0.1, 0.15) is 5.56 Å². The second kappa shape index (κ2) is 6.20. The molecule has 0 aliphatic rings. The van der Waals surface area contributed by atoms with Crippen molar-refractivity contribution in [3.63, 3.8) is 0 Å². The Bertz CT molecular complexity index is 888. The first-order valence-corrected chi connectivity index (χ1v) is 7.46. The molecule has 0 atom stereocenters. The molecule has 1 aromatic carbocycles. The van der Waals surface area contributed by atoms with Gasteiger partial charge in [0, 0.05) is 28.0 Å². The molecule has 3 rings (SSSR count). The molecule has 6 nitrogen and oxygen atoms in total. The van der Waals surface area contributed by atoms with Crippen LogP contribution in [0.15, 0.2) is 52.3 Å². The van der Waals surface area contributed by atoms with E-state index in [9.17, 15) is 5.11 Å². The van der Waals surface area contributed by atoms with Crippen LogP contribution in [0.2, 0.25) is 0 Å². The van der Waals surface area contributed by atoms with Crippen molar-refractivity contribution in [2.45, 2.75) is 0 Å². The zero-order valence-electron chi connectivity index (χ0n) is 11.1. The van der Waals surface area contributed by atoms with Crippen molar-refractivity contribution < 1.29 is 5.11 Å². The van der Waals surface area contributed by atoms with Crippen LogP contribution in [-0.4, -0.2) is 31.2 Å². The van der Waals surface area contributed by atoms with Gasteiger partial charge in [0.1, 0.15) is 5.75 Å². The standard InChI is InChI=1S/C14H10BrN5OS/c15-11-1-2-12(21)10(7-11)8-17-20-13(18-19-14(20)22)9-3-5-16-6-4-9/h1-8,21H,(H,19,22). The number of phenols is 1. The van der Waals surface area contributed by atoms with Crippen LogP contribution >= 0.6 is 28.1 Å². The third-order valence-corrected chi connectivity index (χ3v) is 3.65. The van der Waals surface area contributed by atoms with Gasteiger partial charge in [-0.3, -0.25) is 4.98 Å². The van der Waals surface area contributed by atoms with Crippen molar-refractivity contribution in [2.75, 3.05) is 0 Å². The van der Waals surface area contributed by atoms with Gasteiger partial charge in [0.05, 0.1) is 6.21 Å². The number of nitrogens with one attached hydrogen (secondary N) is 1. The Kier molecular flexibility index (Phi) is 4.12. The molecule has 0 bridgehead atoms. The normalized spacial score (nSPS) is 11.1. The van der Waals surface area contributed by atoms with E-state index >= 15 is 0 Å². The number of phenolic OH excluding ortho intramolecular Hbond substituents is 1. The van der Waals surface area contributed by atoms with E-state index in [1.807, 2.05) is 12.1 Å². The first kappa shape index (κ1) is 14.6. The van der Waals surface area contributed by atoms with Gasteiger partial charge in [0.15, 0.2) is 5.82 Å². The molecule has 0 radical (unpaired) electrons. The minimum Gasteiger partial charge on any atom is -0.507 e. The molecular weight excluding hydrogens is 366 g/mol. The molecule has 8 heteroatoms. The maximum Gasteiger partial charge on any atom is 0.216 e. The molecule has 0 amide bonds. The van der Waals surface area contributed by atoms with Crippen LogP contribution in [0.5, 0.6) is 5.75 Å². The molecule has 0 aliphatic carbocycles. The molecule has 22 heavy (non-hydrogen) atoms. The first-order valence-electron chi connectivity index (χ1n) is 6.26. The first-order chi connectivity index (χ1) is 10.6. The number of pyridine rings is 1. The summed E-state index contributed by atoms with van der Waals surface area (Å²) in [6.45, 7) is 0. The van der Waals surface area contributed by atoms with Crippen molar-refractivity contribution >= 4 is 34.4 Å². The molecule has 110 valence electrons. The van der Waals surface area contributed by atoms with Crippen molar-refractivity contribution in [1.82, 2.24) is 19.9 Å². The quantitative estimate of drug-likeness (QED) is 0.543. The Morgan fingerprint density at radius 2 is 2.05 bits per heavy atom. The molecule has 2 N–H and O–H groups in total. The van der Waals surface area contributed by atoms with E-state index in [0.29, 0.717) is 16.2 Å². The van der Waals surface area contributed by atoms with Crippen LogP contribution in [0.3, 0.4) is 0 Å². The van der Waals surface area contributed by atoms with Gasteiger partial charge in [-0.25, -0.2) is 5.10 Å². The van der Waals surface area contributed by atoms with Gasteiger partial charge in [-0.05, 0) is 42.5 Å². The van der Waals surface area contributed by atoms with Gasteiger partial charge in [-0.1, -0.05) is 15.9 Å². The third kappa shape index (κ3) is 2.97. The van der Waals surface area contributed by atoms with Gasteiger partial charge < -0.3 is 5.11 Å². The molecule has 2 aromatic heterocycles. The van der Waals surface area contributed by atoms with E-state index in [4.69, 9.17) is 12.2 Å². The van der Waals surface area contributed by atoms with Crippen LogP contribution in [0.25, 0.3) is 11.4 Å². The van der Waals surface area contributed by atoms with E-state index in [1.54, 1.807) is 30.6 Å². The molecule has 0 saturated carbocycles. The highest BCUT2D eigenvalue weighted by molar-refractivity contribution is 9.10. The summed E-state index contributed by atoms with van der Waals surface area (Å²) in [6.07, 6.45) is 4.86. The molecule has 2 heterocycles. The highest BCUT2D eigenvalue weighted by Crippen LogP contribution is 2.21. The summed E-state index contributed by atoms with van der Waals surface area (Å²) in [4.78, 5) is 3.97. The van der Waals surface area contributed by atoms with E-state index in [-0.39, 0.29) is 5.75 Å². The topological polar surface area (TPSA) is 79.1 Å². The molecule has 3 aromatic rings. The molecule has 0 spiro atoms. The average molecular weight is 376 g/mol. The summed E-state index contributed by atoms with van der Waals surface area (Å²) in [5.41, 5.74) is 1.40. The van der Waals surface area contributed by atoms with Crippen LogP contribution in [-0.2, 0) is 0 Å². The molecule has 0 saturated heterocycles. The fourth-order valence-electron chi connectivity index (χ4n) is 1.84. The number of benzene rings is 1. The zero-order valence-corrected chi connectivity index (χ0v) is 13.5. The number of aromatic hydroxyl groups is 1. The Morgan fingerprint density at radius 3 is 2.82 bits per heavy atom. The lowest BCUT2D eigenvalue weighted by Gasteiger charge is -2.02. The summed E-state index contributed by atoms with van der Waals surface area (Å²) in [5, 5.41) is 21.0. The number of rotatable bonds is 3. The maximum atomic E-state index is 9.84. The number of hydrogen-bond donors (Lipinski definition) is 2. The molecular formula is C14H10BrN5OS. The number of H-pyrrole nitrogens is 1. The van der Waals surface area contributed by atoms with Crippen LogP contribution < -0.4 is 0 Å². The van der Waals surface area contributed by atoms with E-state index in [1.165, 1.54) is 10.9 Å². The van der Waals surface area contributed by atoms with Gasteiger partial charge in [-0.2, -0.15) is 14.9 Å². The van der Waals surface area contributed by atoms with Crippen molar-refractivity contribution in [3.05, 3.63) is 57.5 Å². The number of aromatic nitrogens is 4. The Labute approximate surface area is 139 Å². The summed E-state index contributed by atoms with van der Waals surface area (Å²) >= 11 is 8.55. The Hall–Kier alpha value is -2.32. The number of halogens is 1. The fraction of sp³-hybridized carbons (Fsp3) is 0. The maximum absolute atomic E-state index is 9.84. The smallest absolute Gasteiger partial charge is 0.216 e. The minimum absolute atomic E-state index is 0.132. The molecule has 0 fully saturated rings. The average Bonchev–Trinajstić information content (AvgIpc) is 2.90. The lowest BCUT2D eigenvalue weighted by Crippen LogP contribution is -1.95. The lowest BCUT2D eigenvalue weighted by atomic mass is 10.2. The molecule has 0 aliphatic heterocycles. The van der Waals surface area contributed by atoms with Crippen LogP contribution in [0.4, 0.5) is 0 Å².